The van der Waals surface area contributed by atoms with Crippen molar-refractivity contribution in [3.63, 3.8) is 0 Å². The Bertz CT molecular complexity index is 370. The predicted molar refractivity (Wildman–Crippen MR) is 77.0 cm³/mol. The summed E-state index contributed by atoms with van der Waals surface area (Å²) < 4.78 is 0. The molecule has 0 N–H and O–H groups in total. The zero-order chi connectivity index (χ0) is 12.8. The summed E-state index contributed by atoms with van der Waals surface area (Å²) in [5.41, 5.74) is 0.794. The molecule has 0 unspecified atom stereocenters. The van der Waals surface area contributed by atoms with Crippen LogP contribution in [0, 0.1) is 0 Å². The van der Waals surface area contributed by atoms with Crippen molar-refractivity contribution in [2.75, 3.05) is 13.1 Å². The molecule has 1 aromatic carbocycles. The van der Waals surface area contributed by atoms with Crippen LogP contribution in [0.2, 0.25) is 5.02 Å². The van der Waals surface area contributed by atoms with E-state index in [0.717, 1.165) is 18.8 Å². The third kappa shape index (κ3) is 4.38. The molecule has 1 aromatic rings. The van der Waals surface area contributed by atoms with E-state index >= 15 is 0 Å². The van der Waals surface area contributed by atoms with Crippen molar-refractivity contribution in [3.8, 4) is 0 Å². The maximum atomic E-state index is 5.94. The largest absolute Gasteiger partial charge is 0.358 e. The summed E-state index contributed by atoms with van der Waals surface area (Å²) in [7, 11) is 0. The number of halogens is 3. The summed E-state index contributed by atoms with van der Waals surface area (Å²) in [4.78, 5) is 5.85. The number of hydrogen-bond donors (Lipinski definition) is 0. The third-order valence-corrected chi connectivity index (χ3v) is 3.00. The zero-order valence-corrected chi connectivity index (χ0v) is 12.1. The molecular formula is C12H15Cl3N2. The van der Waals surface area contributed by atoms with Gasteiger partial charge >= 0.3 is 0 Å². The molecule has 0 saturated carbocycles. The molecule has 0 heterocycles. The van der Waals surface area contributed by atoms with Gasteiger partial charge in [0.15, 0.2) is 4.84 Å². The van der Waals surface area contributed by atoms with Gasteiger partial charge in [0.2, 0.25) is 0 Å². The van der Waals surface area contributed by atoms with E-state index < -0.39 is 4.84 Å². The first-order valence-electron chi connectivity index (χ1n) is 5.45. The van der Waals surface area contributed by atoms with Crippen molar-refractivity contribution < 1.29 is 0 Å². The van der Waals surface area contributed by atoms with E-state index in [9.17, 15) is 0 Å². The fourth-order valence-electron chi connectivity index (χ4n) is 1.45. The first-order chi connectivity index (χ1) is 8.08. The van der Waals surface area contributed by atoms with Gasteiger partial charge in [-0.3, -0.25) is 0 Å². The molecule has 0 bridgehead atoms. The van der Waals surface area contributed by atoms with Gasteiger partial charge in [-0.25, -0.2) is 4.99 Å². The van der Waals surface area contributed by atoms with Gasteiger partial charge in [0.25, 0.3) is 0 Å². The maximum Gasteiger partial charge on any atom is 0.164 e. The van der Waals surface area contributed by atoms with E-state index in [2.05, 4.69) is 4.99 Å². The smallest absolute Gasteiger partial charge is 0.164 e. The summed E-state index contributed by atoms with van der Waals surface area (Å²) in [6.07, 6.45) is 0. The fourth-order valence-corrected chi connectivity index (χ4v) is 1.95. The minimum atomic E-state index is -0.634. The molecule has 0 saturated heterocycles. The molecule has 0 spiro atoms. The molecule has 0 aromatic heterocycles. The number of rotatable bonds is 4. The highest BCUT2D eigenvalue weighted by Crippen LogP contribution is 2.19. The second-order valence-corrected chi connectivity index (χ2v) is 4.95. The second-order valence-electron chi connectivity index (χ2n) is 3.42. The van der Waals surface area contributed by atoms with Crippen LogP contribution in [0.3, 0.4) is 0 Å². The lowest BCUT2D eigenvalue weighted by atomic mass is 10.3. The van der Waals surface area contributed by atoms with Crippen LogP contribution in [-0.2, 0) is 0 Å². The number of nitrogens with zero attached hydrogens (tertiary/aromatic N) is 2. The van der Waals surface area contributed by atoms with Crippen LogP contribution in [0.5, 0.6) is 0 Å². The van der Waals surface area contributed by atoms with Gasteiger partial charge in [-0.05, 0) is 38.1 Å². The lowest BCUT2D eigenvalue weighted by Gasteiger charge is -2.23. The minimum absolute atomic E-state index is 0.634. The summed E-state index contributed by atoms with van der Waals surface area (Å²) in [6, 6.07) is 7.25. The van der Waals surface area contributed by atoms with Gasteiger partial charge in [0.1, 0.15) is 5.84 Å². The number of alkyl halides is 2. The highest BCUT2D eigenvalue weighted by Gasteiger charge is 2.15. The molecule has 5 heteroatoms. The molecule has 0 atom stereocenters. The Morgan fingerprint density at radius 3 is 2.12 bits per heavy atom. The Kier molecular flexibility index (Phi) is 6.10. The van der Waals surface area contributed by atoms with Crippen molar-refractivity contribution in [1.29, 1.82) is 0 Å². The minimum Gasteiger partial charge on any atom is -0.358 e. The van der Waals surface area contributed by atoms with Crippen LogP contribution in [0.4, 0.5) is 5.69 Å². The predicted octanol–water partition coefficient (Wildman–Crippen LogP) is 4.52. The van der Waals surface area contributed by atoms with Gasteiger partial charge in [0, 0.05) is 18.1 Å². The average molecular weight is 294 g/mol. The highest BCUT2D eigenvalue weighted by atomic mass is 35.5. The topological polar surface area (TPSA) is 15.6 Å². The fraction of sp³-hybridized carbons (Fsp3) is 0.417. The number of aliphatic imine (C=N–C) groups is 1. The van der Waals surface area contributed by atoms with Crippen molar-refractivity contribution in [2.45, 2.75) is 18.7 Å². The number of hydrogen-bond acceptors (Lipinski definition) is 1. The van der Waals surface area contributed by atoms with E-state index in [0.29, 0.717) is 10.9 Å². The molecule has 0 aliphatic rings. The average Bonchev–Trinajstić information content (AvgIpc) is 2.31. The lowest BCUT2D eigenvalue weighted by molar-refractivity contribution is 0.461. The number of benzene rings is 1. The van der Waals surface area contributed by atoms with Crippen molar-refractivity contribution in [1.82, 2.24) is 4.90 Å². The molecule has 0 aliphatic heterocycles. The Morgan fingerprint density at radius 2 is 1.71 bits per heavy atom. The molecule has 17 heavy (non-hydrogen) atoms. The van der Waals surface area contributed by atoms with Gasteiger partial charge in [-0.2, -0.15) is 0 Å². The van der Waals surface area contributed by atoms with Crippen molar-refractivity contribution in [3.05, 3.63) is 29.3 Å². The van der Waals surface area contributed by atoms with E-state index in [-0.39, 0.29) is 0 Å². The molecule has 94 valence electrons. The summed E-state index contributed by atoms with van der Waals surface area (Å²) in [6.45, 7) is 5.71. The lowest BCUT2D eigenvalue weighted by Crippen LogP contribution is -2.34. The summed E-state index contributed by atoms with van der Waals surface area (Å²) in [5.74, 6) is 0.667. The molecule has 0 aliphatic carbocycles. The van der Waals surface area contributed by atoms with Crippen molar-refractivity contribution in [2.24, 2.45) is 4.99 Å². The van der Waals surface area contributed by atoms with E-state index in [1.54, 1.807) is 12.1 Å². The summed E-state index contributed by atoms with van der Waals surface area (Å²) >= 11 is 17.7. The quantitative estimate of drug-likeness (QED) is 0.453. The standard InChI is InChI=1S/C12H15Cl3N2/c1-3-17(4-2)12(11(14)15)16-10-7-5-9(13)6-8-10/h5-8,11H,3-4H2,1-2H3. The molecule has 1 rings (SSSR count). The Hall–Kier alpha value is -0.440. The van der Waals surface area contributed by atoms with Crippen LogP contribution < -0.4 is 0 Å². The Labute approximate surface area is 117 Å². The van der Waals surface area contributed by atoms with Gasteiger partial charge < -0.3 is 4.90 Å². The first-order valence-corrected chi connectivity index (χ1v) is 6.70. The maximum absolute atomic E-state index is 5.94. The SMILES string of the molecule is CCN(CC)C(=Nc1ccc(Cl)cc1)C(Cl)Cl. The highest BCUT2D eigenvalue weighted by molar-refractivity contribution is 6.54. The third-order valence-electron chi connectivity index (χ3n) is 2.35. The van der Waals surface area contributed by atoms with Gasteiger partial charge in [-0.15, -0.1) is 0 Å². The number of amidine groups is 1. The molecule has 2 nitrogen and oxygen atoms in total. The van der Waals surface area contributed by atoms with E-state index in [4.69, 9.17) is 34.8 Å². The molecule has 0 radical (unpaired) electrons. The van der Waals surface area contributed by atoms with Crippen LogP contribution in [0.1, 0.15) is 13.8 Å². The normalized spacial score (nSPS) is 12.0. The monoisotopic (exact) mass is 292 g/mol. The first kappa shape index (κ1) is 14.6. The van der Waals surface area contributed by atoms with Gasteiger partial charge in [-0.1, -0.05) is 34.8 Å². The van der Waals surface area contributed by atoms with Crippen LogP contribution in [-0.4, -0.2) is 28.7 Å². The van der Waals surface area contributed by atoms with E-state index in [1.807, 2.05) is 30.9 Å². The van der Waals surface area contributed by atoms with E-state index in [1.165, 1.54) is 0 Å². The van der Waals surface area contributed by atoms with Gasteiger partial charge in [0.05, 0.1) is 5.69 Å². The molecule has 0 fully saturated rings. The Morgan fingerprint density at radius 1 is 1.18 bits per heavy atom. The Balaban J connectivity index is 3.01. The zero-order valence-electron chi connectivity index (χ0n) is 9.83. The van der Waals surface area contributed by atoms with Crippen LogP contribution >= 0.6 is 34.8 Å². The van der Waals surface area contributed by atoms with Crippen LogP contribution in [0.25, 0.3) is 0 Å². The van der Waals surface area contributed by atoms with Crippen molar-refractivity contribution >= 4 is 46.3 Å². The molecular weight excluding hydrogens is 279 g/mol. The molecule has 0 amide bonds. The summed E-state index contributed by atoms with van der Waals surface area (Å²) in [5, 5.41) is 0.682. The van der Waals surface area contributed by atoms with Crippen LogP contribution in [0.15, 0.2) is 29.3 Å². The second kappa shape index (κ2) is 7.10.